The molecule has 0 aromatic carbocycles. The van der Waals surface area contributed by atoms with Crippen LogP contribution in [0.15, 0.2) is 12.4 Å². The molecule has 2 aromatic heterocycles. The van der Waals surface area contributed by atoms with Gasteiger partial charge in [0.1, 0.15) is 16.6 Å². The van der Waals surface area contributed by atoms with Crippen molar-refractivity contribution in [2.45, 2.75) is 25.9 Å². The summed E-state index contributed by atoms with van der Waals surface area (Å²) < 4.78 is 1.63. The average Bonchev–Trinajstić information content (AvgIpc) is 2.66. The van der Waals surface area contributed by atoms with Crippen molar-refractivity contribution in [2.24, 2.45) is 5.73 Å². The van der Waals surface area contributed by atoms with Crippen molar-refractivity contribution in [2.75, 3.05) is 0 Å². The maximum Gasteiger partial charge on any atom is 0.121 e. The highest BCUT2D eigenvalue weighted by Crippen LogP contribution is 2.22. The van der Waals surface area contributed by atoms with Crippen LogP contribution in [0.2, 0.25) is 5.02 Å². The summed E-state index contributed by atoms with van der Waals surface area (Å²) in [6, 6.07) is 2.03. The molecule has 0 spiro atoms. The molecule has 0 fully saturated rings. The van der Waals surface area contributed by atoms with Gasteiger partial charge in [-0.15, -0.1) is 0 Å². The van der Waals surface area contributed by atoms with Crippen LogP contribution in [0.1, 0.15) is 12.5 Å². The van der Waals surface area contributed by atoms with E-state index in [0.717, 1.165) is 16.6 Å². The Morgan fingerprint density at radius 2 is 2.35 bits per heavy atom. The molecule has 2 rings (SSSR count). The molecule has 0 saturated carbocycles. The minimum atomic E-state index is -0.945. The molecule has 0 aliphatic heterocycles. The molecule has 0 aliphatic carbocycles. The minimum Gasteiger partial charge on any atom is -0.312 e. The molecule has 88 valence electrons. The van der Waals surface area contributed by atoms with Crippen molar-refractivity contribution in [1.82, 2.24) is 14.8 Å². The summed E-state index contributed by atoms with van der Waals surface area (Å²) in [5.41, 5.74) is 7.20. The third-order valence-electron chi connectivity index (χ3n) is 2.52. The minimum absolute atomic E-state index is 0.316. The van der Waals surface area contributed by atoms with Crippen molar-refractivity contribution in [1.29, 1.82) is 5.26 Å². The number of nitrogens with zero attached hydrogens (tertiary/aromatic N) is 4. The molecule has 1 atom stereocenters. The molecule has 2 N–H and O–H groups in total. The second kappa shape index (κ2) is 3.99. The van der Waals surface area contributed by atoms with Gasteiger partial charge in [0.05, 0.1) is 23.8 Å². The lowest BCUT2D eigenvalue weighted by molar-refractivity contribution is 0.462. The summed E-state index contributed by atoms with van der Waals surface area (Å²) in [6.07, 6.45) is 3.36. The van der Waals surface area contributed by atoms with Gasteiger partial charge < -0.3 is 5.73 Å². The third-order valence-corrected chi connectivity index (χ3v) is 2.90. The Kier molecular flexibility index (Phi) is 2.77. The van der Waals surface area contributed by atoms with Gasteiger partial charge in [-0.25, -0.2) is 0 Å². The number of nitriles is 1. The molecular formula is C11H12ClN5. The second-order valence-corrected chi connectivity index (χ2v) is 4.73. The summed E-state index contributed by atoms with van der Waals surface area (Å²) in [5.74, 6) is 0. The maximum atomic E-state index is 8.88. The number of fused-ring (bicyclic) bond motifs is 1. The molecule has 2 aromatic rings. The van der Waals surface area contributed by atoms with E-state index in [4.69, 9.17) is 22.6 Å². The lowest BCUT2D eigenvalue weighted by Crippen LogP contribution is -2.39. The molecule has 17 heavy (non-hydrogen) atoms. The zero-order chi connectivity index (χ0) is 12.6. The first-order valence-corrected chi connectivity index (χ1v) is 5.49. The van der Waals surface area contributed by atoms with Crippen LogP contribution < -0.4 is 5.73 Å². The Bertz CT molecular complexity index is 608. The summed E-state index contributed by atoms with van der Waals surface area (Å²) >= 11 is 5.97. The molecule has 0 saturated heterocycles. The van der Waals surface area contributed by atoms with Gasteiger partial charge in [0.2, 0.25) is 0 Å². The number of halogens is 1. The van der Waals surface area contributed by atoms with E-state index in [1.54, 1.807) is 24.0 Å². The lowest BCUT2D eigenvalue weighted by Gasteiger charge is -2.14. The standard InChI is InChI=1S/C11H12ClN5/c1-7-8(12)3-15-9-4-17(16-10(7)9)6-11(2,14)5-13/h3-4H,6,14H2,1-2H3. The highest BCUT2D eigenvalue weighted by atomic mass is 35.5. The van der Waals surface area contributed by atoms with Crippen LogP contribution in [-0.2, 0) is 6.54 Å². The van der Waals surface area contributed by atoms with Crippen LogP contribution in [0.25, 0.3) is 11.0 Å². The third kappa shape index (κ3) is 2.23. The zero-order valence-corrected chi connectivity index (χ0v) is 10.4. The van der Waals surface area contributed by atoms with Crippen molar-refractivity contribution in [3.63, 3.8) is 0 Å². The monoisotopic (exact) mass is 249 g/mol. The first kappa shape index (κ1) is 11.8. The average molecular weight is 250 g/mol. The van der Waals surface area contributed by atoms with E-state index in [0.29, 0.717) is 11.6 Å². The molecule has 1 unspecified atom stereocenters. The van der Waals surface area contributed by atoms with Gasteiger partial charge >= 0.3 is 0 Å². The Labute approximate surface area is 104 Å². The SMILES string of the molecule is Cc1c(Cl)cnc2cn(CC(C)(N)C#N)nc12. The topological polar surface area (TPSA) is 80.5 Å². The van der Waals surface area contributed by atoms with E-state index < -0.39 is 5.54 Å². The number of hydrogen-bond acceptors (Lipinski definition) is 4. The number of nitrogens with two attached hydrogens (primary N) is 1. The van der Waals surface area contributed by atoms with Crippen LogP contribution in [0.5, 0.6) is 0 Å². The Hall–Kier alpha value is -1.64. The fourth-order valence-electron chi connectivity index (χ4n) is 1.56. The number of pyridine rings is 1. The first-order chi connectivity index (χ1) is 7.93. The first-order valence-electron chi connectivity index (χ1n) is 5.11. The molecular weight excluding hydrogens is 238 g/mol. The lowest BCUT2D eigenvalue weighted by atomic mass is 10.1. The normalized spacial score (nSPS) is 14.5. The highest BCUT2D eigenvalue weighted by molar-refractivity contribution is 6.31. The van der Waals surface area contributed by atoms with Crippen molar-refractivity contribution in [3.05, 3.63) is 23.0 Å². The quantitative estimate of drug-likeness (QED) is 0.877. The predicted octanol–water partition coefficient (Wildman–Crippen LogP) is 1.63. The van der Waals surface area contributed by atoms with E-state index in [2.05, 4.69) is 10.1 Å². The van der Waals surface area contributed by atoms with E-state index >= 15 is 0 Å². The smallest absolute Gasteiger partial charge is 0.121 e. The summed E-state index contributed by atoms with van der Waals surface area (Å²) in [7, 11) is 0. The zero-order valence-electron chi connectivity index (χ0n) is 9.61. The predicted molar refractivity (Wildman–Crippen MR) is 65.5 cm³/mol. The van der Waals surface area contributed by atoms with Crippen molar-refractivity contribution < 1.29 is 0 Å². The largest absolute Gasteiger partial charge is 0.312 e. The molecule has 0 amide bonds. The molecule has 5 nitrogen and oxygen atoms in total. The van der Waals surface area contributed by atoms with Crippen LogP contribution in [0, 0.1) is 18.3 Å². The van der Waals surface area contributed by atoms with Crippen molar-refractivity contribution in [3.8, 4) is 6.07 Å². The van der Waals surface area contributed by atoms with Gasteiger partial charge in [0, 0.05) is 6.20 Å². The maximum absolute atomic E-state index is 8.88. The molecule has 2 heterocycles. The molecule has 0 aliphatic rings. The number of aromatic nitrogens is 3. The van der Waals surface area contributed by atoms with Gasteiger partial charge in [0.15, 0.2) is 0 Å². The van der Waals surface area contributed by atoms with Gasteiger partial charge in [-0.1, -0.05) is 11.6 Å². The highest BCUT2D eigenvalue weighted by Gasteiger charge is 2.19. The van der Waals surface area contributed by atoms with Crippen LogP contribution in [0.4, 0.5) is 0 Å². The fraction of sp³-hybridized carbons (Fsp3) is 0.364. The Balaban J connectivity index is 2.46. The van der Waals surface area contributed by atoms with Gasteiger partial charge in [0.25, 0.3) is 0 Å². The number of hydrogen-bond donors (Lipinski definition) is 1. The van der Waals surface area contributed by atoms with E-state index in [9.17, 15) is 0 Å². The number of rotatable bonds is 2. The molecule has 0 radical (unpaired) electrons. The summed E-state index contributed by atoms with van der Waals surface area (Å²) in [4.78, 5) is 4.18. The van der Waals surface area contributed by atoms with Gasteiger partial charge in [-0.3, -0.25) is 9.67 Å². The number of aryl methyl sites for hydroxylation is 1. The van der Waals surface area contributed by atoms with E-state index in [-0.39, 0.29) is 0 Å². The fourth-order valence-corrected chi connectivity index (χ4v) is 1.70. The summed E-state index contributed by atoms with van der Waals surface area (Å²) in [6.45, 7) is 3.86. The van der Waals surface area contributed by atoms with Crippen LogP contribution in [0.3, 0.4) is 0 Å². The van der Waals surface area contributed by atoms with E-state index in [1.807, 2.05) is 13.0 Å². The molecule has 0 bridgehead atoms. The Morgan fingerprint density at radius 3 is 3.00 bits per heavy atom. The summed E-state index contributed by atoms with van der Waals surface area (Å²) in [5, 5.41) is 13.8. The van der Waals surface area contributed by atoms with E-state index in [1.165, 1.54) is 0 Å². The van der Waals surface area contributed by atoms with Crippen LogP contribution >= 0.6 is 11.6 Å². The van der Waals surface area contributed by atoms with Crippen LogP contribution in [-0.4, -0.2) is 20.3 Å². The molecule has 6 heteroatoms. The van der Waals surface area contributed by atoms with Crippen molar-refractivity contribution >= 4 is 22.6 Å². The Morgan fingerprint density at radius 1 is 1.65 bits per heavy atom. The second-order valence-electron chi connectivity index (χ2n) is 4.32. The van der Waals surface area contributed by atoms with Gasteiger partial charge in [-0.05, 0) is 19.4 Å². The van der Waals surface area contributed by atoms with Gasteiger partial charge in [-0.2, -0.15) is 10.4 Å².